The molecule has 1 rings (SSSR count). The van der Waals surface area contributed by atoms with Gasteiger partial charge in [0, 0.05) is 6.04 Å². The molecule has 88 valence electrons. The van der Waals surface area contributed by atoms with Crippen molar-refractivity contribution >= 4 is 17.7 Å². The lowest BCUT2D eigenvalue weighted by atomic mass is 10.1. The first-order valence-electron chi connectivity index (χ1n) is 5.79. The monoisotopic (exact) mass is 231 g/mol. The third-order valence-electron chi connectivity index (χ3n) is 2.53. The predicted molar refractivity (Wildman–Crippen MR) is 64.2 cm³/mol. The first-order valence-corrected chi connectivity index (χ1v) is 6.95. The van der Waals surface area contributed by atoms with E-state index in [1.807, 2.05) is 6.92 Å². The molecule has 0 aromatic carbocycles. The minimum Gasteiger partial charge on any atom is -0.465 e. The molecule has 0 aromatic rings. The van der Waals surface area contributed by atoms with Crippen LogP contribution < -0.4 is 5.32 Å². The van der Waals surface area contributed by atoms with E-state index in [9.17, 15) is 4.79 Å². The van der Waals surface area contributed by atoms with Crippen molar-refractivity contribution in [2.45, 2.75) is 38.6 Å². The Bertz CT molecular complexity index is 181. The summed E-state index contributed by atoms with van der Waals surface area (Å²) >= 11 is 1.68. The van der Waals surface area contributed by atoms with Gasteiger partial charge in [0.1, 0.15) is 0 Å². The molecule has 0 bridgehead atoms. The fourth-order valence-corrected chi connectivity index (χ4v) is 2.56. The van der Waals surface area contributed by atoms with Crippen molar-refractivity contribution in [3.63, 3.8) is 0 Å². The molecule has 1 aliphatic heterocycles. The zero-order valence-corrected chi connectivity index (χ0v) is 10.3. The molecule has 1 aliphatic rings. The van der Waals surface area contributed by atoms with Crippen LogP contribution in [0.25, 0.3) is 0 Å². The maximum Gasteiger partial charge on any atom is 0.315 e. The molecular weight excluding hydrogens is 210 g/mol. The van der Waals surface area contributed by atoms with Crippen LogP contribution in [0.3, 0.4) is 0 Å². The van der Waals surface area contributed by atoms with E-state index in [0.717, 1.165) is 11.8 Å². The number of hydrogen-bond donors (Lipinski definition) is 1. The summed E-state index contributed by atoms with van der Waals surface area (Å²) < 4.78 is 4.85. The fourth-order valence-electron chi connectivity index (χ4n) is 1.79. The molecule has 0 spiro atoms. The Morgan fingerprint density at radius 1 is 1.60 bits per heavy atom. The van der Waals surface area contributed by atoms with Gasteiger partial charge < -0.3 is 10.1 Å². The lowest BCUT2D eigenvalue weighted by Gasteiger charge is -2.08. The van der Waals surface area contributed by atoms with Gasteiger partial charge in [-0.3, -0.25) is 4.79 Å². The lowest BCUT2D eigenvalue weighted by molar-refractivity contribution is -0.139. The molecule has 3 nitrogen and oxygen atoms in total. The van der Waals surface area contributed by atoms with Gasteiger partial charge in [0.15, 0.2) is 0 Å². The van der Waals surface area contributed by atoms with Gasteiger partial charge in [0.2, 0.25) is 0 Å². The molecule has 0 amide bonds. The Balaban J connectivity index is 1.86. The van der Waals surface area contributed by atoms with Crippen LogP contribution in [-0.2, 0) is 9.53 Å². The van der Waals surface area contributed by atoms with E-state index in [4.69, 9.17) is 4.74 Å². The molecule has 0 aliphatic carbocycles. The second-order valence-corrected chi connectivity index (χ2v) is 4.90. The van der Waals surface area contributed by atoms with E-state index in [2.05, 4.69) is 5.32 Å². The van der Waals surface area contributed by atoms with Crippen LogP contribution in [0.5, 0.6) is 0 Å². The Hall–Kier alpha value is -0.220. The average molecular weight is 231 g/mol. The molecule has 0 radical (unpaired) electrons. The molecule has 1 heterocycles. The number of hydrogen-bond acceptors (Lipinski definition) is 4. The minimum absolute atomic E-state index is 0.0820. The summed E-state index contributed by atoms with van der Waals surface area (Å²) in [6.07, 6.45) is 5.08. The Kier molecular flexibility index (Phi) is 6.85. The molecule has 1 fully saturated rings. The first-order chi connectivity index (χ1) is 7.33. The molecule has 1 saturated heterocycles. The minimum atomic E-state index is -0.0820. The summed E-state index contributed by atoms with van der Waals surface area (Å²) in [6.45, 7) is 3.51. The number of carbonyl (C=O) groups excluding carboxylic acids is 1. The van der Waals surface area contributed by atoms with Crippen LogP contribution >= 0.6 is 11.8 Å². The van der Waals surface area contributed by atoms with Gasteiger partial charge in [-0.2, -0.15) is 11.8 Å². The topological polar surface area (TPSA) is 38.3 Å². The number of thioether (sulfide) groups is 1. The molecule has 1 N–H and O–H groups in total. The normalized spacial score (nSPS) is 20.5. The maximum atomic E-state index is 11.0. The summed E-state index contributed by atoms with van der Waals surface area (Å²) in [4.78, 5) is 11.0. The molecule has 1 atom stereocenters. The van der Waals surface area contributed by atoms with E-state index in [1.54, 1.807) is 11.8 Å². The van der Waals surface area contributed by atoms with Crippen molar-refractivity contribution < 1.29 is 9.53 Å². The number of carbonyl (C=O) groups is 1. The molecule has 0 aromatic heterocycles. The predicted octanol–water partition coefficient (Wildman–Crippen LogP) is 1.81. The van der Waals surface area contributed by atoms with Crippen LogP contribution in [0, 0.1) is 0 Å². The summed E-state index contributed by atoms with van der Waals surface area (Å²) in [7, 11) is 0. The maximum absolute atomic E-state index is 11.0. The first kappa shape index (κ1) is 12.8. The summed E-state index contributed by atoms with van der Waals surface area (Å²) in [5, 5.41) is 3.48. The van der Waals surface area contributed by atoms with Crippen molar-refractivity contribution in [1.29, 1.82) is 0 Å². The molecular formula is C11H21NO2S. The Morgan fingerprint density at radius 3 is 3.13 bits per heavy atom. The highest BCUT2D eigenvalue weighted by atomic mass is 32.2. The van der Waals surface area contributed by atoms with Gasteiger partial charge in [-0.1, -0.05) is 0 Å². The number of nitrogens with one attached hydrogen (secondary N) is 1. The number of ether oxygens (including phenoxy) is 1. The van der Waals surface area contributed by atoms with Crippen molar-refractivity contribution in [1.82, 2.24) is 5.32 Å². The standard InChI is InChI=1S/C11H21NO2S/c1-2-14-11(13)9-15-8-4-6-10-5-3-7-12-10/h10,12H,2-9H2,1H3. The van der Waals surface area contributed by atoms with Gasteiger partial charge in [-0.05, 0) is 44.9 Å². The molecule has 0 saturated carbocycles. The van der Waals surface area contributed by atoms with Crippen LogP contribution in [0.15, 0.2) is 0 Å². The smallest absolute Gasteiger partial charge is 0.315 e. The fraction of sp³-hybridized carbons (Fsp3) is 0.909. The van der Waals surface area contributed by atoms with E-state index in [1.165, 1.54) is 32.2 Å². The highest BCUT2D eigenvalue weighted by Gasteiger charge is 2.12. The largest absolute Gasteiger partial charge is 0.465 e. The van der Waals surface area contributed by atoms with E-state index in [-0.39, 0.29) is 5.97 Å². The summed E-state index contributed by atoms with van der Waals surface area (Å²) in [5.41, 5.74) is 0. The Morgan fingerprint density at radius 2 is 2.47 bits per heavy atom. The molecule has 15 heavy (non-hydrogen) atoms. The van der Waals surface area contributed by atoms with Crippen LogP contribution in [-0.4, -0.2) is 36.7 Å². The van der Waals surface area contributed by atoms with Gasteiger partial charge in [-0.25, -0.2) is 0 Å². The summed E-state index contributed by atoms with van der Waals surface area (Å²) in [5.74, 6) is 1.49. The zero-order valence-electron chi connectivity index (χ0n) is 9.46. The second-order valence-electron chi connectivity index (χ2n) is 3.79. The SMILES string of the molecule is CCOC(=O)CSCCCC1CCCN1. The van der Waals surface area contributed by atoms with E-state index in [0.29, 0.717) is 12.4 Å². The van der Waals surface area contributed by atoms with Gasteiger partial charge in [0.25, 0.3) is 0 Å². The molecule has 1 unspecified atom stereocenters. The quantitative estimate of drug-likeness (QED) is 0.536. The molecule has 4 heteroatoms. The Labute approximate surface area is 96.3 Å². The van der Waals surface area contributed by atoms with Crippen molar-refractivity contribution in [2.24, 2.45) is 0 Å². The summed E-state index contributed by atoms with van der Waals surface area (Å²) in [6, 6.07) is 0.730. The third-order valence-corrected chi connectivity index (χ3v) is 3.55. The van der Waals surface area contributed by atoms with E-state index < -0.39 is 0 Å². The zero-order chi connectivity index (χ0) is 10.9. The van der Waals surface area contributed by atoms with Crippen molar-refractivity contribution in [3.8, 4) is 0 Å². The third kappa shape index (κ3) is 6.05. The highest BCUT2D eigenvalue weighted by Crippen LogP contribution is 2.13. The van der Waals surface area contributed by atoms with Crippen LogP contribution in [0.2, 0.25) is 0 Å². The van der Waals surface area contributed by atoms with Crippen molar-refractivity contribution in [3.05, 3.63) is 0 Å². The lowest BCUT2D eigenvalue weighted by Crippen LogP contribution is -2.21. The van der Waals surface area contributed by atoms with Gasteiger partial charge >= 0.3 is 5.97 Å². The van der Waals surface area contributed by atoms with Gasteiger partial charge in [0.05, 0.1) is 12.4 Å². The number of rotatable bonds is 7. The van der Waals surface area contributed by atoms with Crippen LogP contribution in [0.4, 0.5) is 0 Å². The van der Waals surface area contributed by atoms with Gasteiger partial charge in [-0.15, -0.1) is 0 Å². The van der Waals surface area contributed by atoms with Crippen LogP contribution in [0.1, 0.15) is 32.6 Å². The highest BCUT2D eigenvalue weighted by molar-refractivity contribution is 7.99. The van der Waals surface area contributed by atoms with Crippen molar-refractivity contribution in [2.75, 3.05) is 24.7 Å². The second kappa shape index (κ2) is 7.99. The number of esters is 1. The average Bonchev–Trinajstić information content (AvgIpc) is 2.70. The van der Waals surface area contributed by atoms with E-state index >= 15 is 0 Å².